The van der Waals surface area contributed by atoms with E-state index in [0.717, 1.165) is 82.5 Å². The van der Waals surface area contributed by atoms with Crippen molar-refractivity contribution in [3.63, 3.8) is 0 Å². The van der Waals surface area contributed by atoms with Crippen LogP contribution >= 0.6 is 0 Å². The molecule has 8 heteroatoms. The fourth-order valence-electron chi connectivity index (χ4n) is 6.86. The summed E-state index contributed by atoms with van der Waals surface area (Å²) in [7, 11) is 0. The Morgan fingerprint density at radius 2 is 1.92 bits per heavy atom. The SMILES string of the molecule is CCCN(c1cncnc1)C1CCN(C[C@H]2CN([C@H](CC3CCC3)C(=O)O)C[C@@H]2c2cccc(F)c2)CC1. The monoisotopic (exact) mass is 523 g/mol. The van der Waals surface area contributed by atoms with Crippen LogP contribution in [-0.4, -0.2) is 82.2 Å². The Morgan fingerprint density at radius 1 is 1.16 bits per heavy atom. The van der Waals surface area contributed by atoms with Crippen molar-refractivity contribution >= 4 is 11.7 Å². The van der Waals surface area contributed by atoms with Crippen LogP contribution < -0.4 is 4.90 Å². The molecule has 2 aromatic rings. The molecule has 1 aromatic heterocycles. The zero-order valence-corrected chi connectivity index (χ0v) is 22.6. The van der Waals surface area contributed by atoms with E-state index in [1.165, 1.54) is 12.5 Å². The Balaban J connectivity index is 1.26. The van der Waals surface area contributed by atoms with Gasteiger partial charge in [0.25, 0.3) is 0 Å². The average Bonchev–Trinajstić information content (AvgIpc) is 3.30. The molecule has 1 N–H and O–H groups in total. The molecule has 0 amide bonds. The predicted molar refractivity (Wildman–Crippen MR) is 147 cm³/mol. The highest BCUT2D eigenvalue weighted by Crippen LogP contribution is 2.38. The summed E-state index contributed by atoms with van der Waals surface area (Å²) < 4.78 is 14.2. The molecule has 0 spiro atoms. The van der Waals surface area contributed by atoms with Crippen LogP contribution in [0.5, 0.6) is 0 Å². The number of hydrogen-bond donors (Lipinski definition) is 1. The van der Waals surface area contributed by atoms with Crippen molar-refractivity contribution in [3.05, 3.63) is 54.4 Å². The van der Waals surface area contributed by atoms with Gasteiger partial charge in [-0.15, -0.1) is 0 Å². The second kappa shape index (κ2) is 12.5. The molecule has 2 saturated heterocycles. The highest BCUT2D eigenvalue weighted by atomic mass is 19.1. The summed E-state index contributed by atoms with van der Waals surface area (Å²) in [5, 5.41) is 10.1. The highest BCUT2D eigenvalue weighted by Gasteiger charge is 2.41. The van der Waals surface area contributed by atoms with Crippen LogP contribution in [0, 0.1) is 17.7 Å². The second-order valence-corrected chi connectivity index (χ2v) is 11.6. The summed E-state index contributed by atoms with van der Waals surface area (Å²) in [6.45, 7) is 7.59. The summed E-state index contributed by atoms with van der Waals surface area (Å²) in [5.74, 6) is 0.0291. The van der Waals surface area contributed by atoms with Gasteiger partial charge in [0, 0.05) is 51.2 Å². The first-order valence-electron chi connectivity index (χ1n) is 14.5. The Hall–Kier alpha value is -2.58. The van der Waals surface area contributed by atoms with Crippen LogP contribution in [0.15, 0.2) is 43.0 Å². The number of rotatable bonds is 11. The van der Waals surface area contributed by atoms with E-state index in [1.807, 2.05) is 18.5 Å². The van der Waals surface area contributed by atoms with Crippen molar-refractivity contribution in [2.75, 3.05) is 44.2 Å². The summed E-state index contributed by atoms with van der Waals surface area (Å²) in [6, 6.07) is 6.97. The lowest BCUT2D eigenvalue weighted by atomic mass is 9.80. The lowest BCUT2D eigenvalue weighted by molar-refractivity contribution is -0.144. The molecule has 38 heavy (non-hydrogen) atoms. The molecule has 0 bridgehead atoms. The molecule has 5 rings (SSSR count). The van der Waals surface area contributed by atoms with Gasteiger partial charge in [0.15, 0.2) is 0 Å². The number of anilines is 1. The van der Waals surface area contributed by atoms with E-state index in [2.05, 4.69) is 31.6 Å². The Morgan fingerprint density at radius 3 is 2.55 bits per heavy atom. The van der Waals surface area contributed by atoms with E-state index in [1.54, 1.807) is 18.5 Å². The topological polar surface area (TPSA) is 72.8 Å². The van der Waals surface area contributed by atoms with Crippen molar-refractivity contribution in [2.45, 2.75) is 69.9 Å². The lowest BCUT2D eigenvalue weighted by Gasteiger charge is -2.40. The van der Waals surface area contributed by atoms with E-state index >= 15 is 0 Å². The summed E-state index contributed by atoms with van der Waals surface area (Å²) in [6.07, 6.45) is 12.9. The highest BCUT2D eigenvalue weighted by molar-refractivity contribution is 5.73. The van der Waals surface area contributed by atoms with Crippen molar-refractivity contribution in [2.24, 2.45) is 11.8 Å². The molecule has 7 nitrogen and oxygen atoms in total. The van der Waals surface area contributed by atoms with E-state index in [0.29, 0.717) is 18.5 Å². The van der Waals surface area contributed by atoms with Crippen LogP contribution in [0.4, 0.5) is 10.1 Å². The first-order valence-corrected chi connectivity index (χ1v) is 14.5. The van der Waals surface area contributed by atoms with E-state index in [9.17, 15) is 14.3 Å². The quantitative estimate of drug-likeness (QED) is 0.459. The first-order chi connectivity index (χ1) is 18.5. The largest absolute Gasteiger partial charge is 0.480 e. The number of piperidine rings is 1. The molecule has 206 valence electrons. The number of hydrogen-bond acceptors (Lipinski definition) is 6. The summed E-state index contributed by atoms with van der Waals surface area (Å²) in [4.78, 5) is 28.0. The standard InChI is InChI=1S/C30H42FN5O2/c1-2-11-36(27-16-32-21-33-17-27)26-9-12-34(13-10-26)18-24-19-35(29(30(37)38)14-22-5-3-6-22)20-28(24)23-7-4-8-25(31)15-23/h4,7-8,15-17,21-22,24,26,28-29H,2-3,5-6,9-14,18-20H2,1H3,(H,37,38)/t24-,28+,29+/m0/s1. The molecule has 0 unspecified atom stereocenters. The second-order valence-electron chi connectivity index (χ2n) is 11.6. The number of carboxylic acids is 1. The smallest absolute Gasteiger partial charge is 0.320 e. The maximum absolute atomic E-state index is 14.2. The third kappa shape index (κ3) is 6.34. The number of likely N-dealkylation sites (tertiary alicyclic amines) is 2. The molecular formula is C30H42FN5O2. The van der Waals surface area contributed by atoms with Crippen molar-refractivity contribution in [1.29, 1.82) is 0 Å². The molecular weight excluding hydrogens is 481 g/mol. The van der Waals surface area contributed by atoms with Gasteiger partial charge < -0.3 is 14.9 Å². The fraction of sp³-hybridized carbons (Fsp3) is 0.633. The molecule has 3 heterocycles. The molecule has 3 fully saturated rings. The van der Waals surface area contributed by atoms with Gasteiger partial charge >= 0.3 is 5.97 Å². The Kier molecular flexibility index (Phi) is 8.89. The number of halogens is 1. The third-order valence-electron chi connectivity index (χ3n) is 9.09. The molecule has 3 atom stereocenters. The van der Waals surface area contributed by atoms with Crippen LogP contribution in [0.25, 0.3) is 0 Å². The molecule has 3 aliphatic rings. The zero-order chi connectivity index (χ0) is 26.5. The van der Waals surface area contributed by atoms with Crippen molar-refractivity contribution < 1.29 is 14.3 Å². The van der Waals surface area contributed by atoms with Gasteiger partial charge in [-0.1, -0.05) is 38.3 Å². The number of carboxylic acid groups (broad SMARTS) is 1. The van der Waals surface area contributed by atoms with Gasteiger partial charge in [0.1, 0.15) is 18.2 Å². The summed E-state index contributed by atoms with van der Waals surface area (Å²) in [5.41, 5.74) is 2.09. The van der Waals surface area contributed by atoms with Gasteiger partial charge in [-0.25, -0.2) is 14.4 Å². The number of carbonyl (C=O) groups is 1. The van der Waals surface area contributed by atoms with Crippen molar-refractivity contribution in [1.82, 2.24) is 19.8 Å². The molecule has 1 saturated carbocycles. The maximum atomic E-state index is 14.2. The molecule has 1 aromatic carbocycles. The van der Waals surface area contributed by atoms with Gasteiger partial charge in [-0.3, -0.25) is 9.69 Å². The minimum Gasteiger partial charge on any atom is -0.480 e. The average molecular weight is 524 g/mol. The lowest BCUT2D eigenvalue weighted by Crippen LogP contribution is -2.47. The molecule has 0 radical (unpaired) electrons. The molecule has 2 aliphatic heterocycles. The summed E-state index contributed by atoms with van der Waals surface area (Å²) >= 11 is 0. The van der Waals surface area contributed by atoms with E-state index < -0.39 is 12.0 Å². The minimum absolute atomic E-state index is 0.143. The van der Waals surface area contributed by atoms with E-state index in [4.69, 9.17) is 0 Å². The van der Waals surface area contributed by atoms with Gasteiger partial charge in [-0.2, -0.15) is 0 Å². The Bertz CT molecular complexity index is 1040. The number of benzene rings is 1. The first kappa shape index (κ1) is 27.0. The predicted octanol–water partition coefficient (Wildman–Crippen LogP) is 4.66. The normalized spacial score (nSPS) is 24.3. The fourth-order valence-corrected chi connectivity index (χ4v) is 6.86. The number of aromatic nitrogens is 2. The van der Waals surface area contributed by atoms with Crippen LogP contribution in [0.2, 0.25) is 0 Å². The van der Waals surface area contributed by atoms with Crippen LogP contribution in [0.3, 0.4) is 0 Å². The molecule has 1 aliphatic carbocycles. The maximum Gasteiger partial charge on any atom is 0.320 e. The third-order valence-corrected chi connectivity index (χ3v) is 9.09. The number of aliphatic carboxylic acids is 1. The van der Waals surface area contributed by atoms with Gasteiger partial charge in [0.2, 0.25) is 0 Å². The van der Waals surface area contributed by atoms with Gasteiger partial charge in [0.05, 0.1) is 18.1 Å². The Labute approximate surface area is 226 Å². The number of nitrogens with zero attached hydrogens (tertiary/aromatic N) is 5. The van der Waals surface area contributed by atoms with Crippen LogP contribution in [-0.2, 0) is 4.79 Å². The van der Waals surface area contributed by atoms with Crippen molar-refractivity contribution in [3.8, 4) is 0 Å². The van der Waals surface area contributed by atoms with Crippen LogP contribution in [0.1, 0.15) is 63.4 Å². The van der Waals surface area contributed by atoms with E-state index in [-0.39, 0.29) is 17.7 Å². The van der Waals surface area contributed by atoms with Gasteiger partial charge in [-0.05, 0) is 55.2 Å². The minimum atomic E-state index is -0.711. The zero-order valence-electron chi connectivity index (χ0n) is 22.6.